The Morgan fingerprint density at radius 3 is 2.62 bits per heavy atom. The second kappa shape index (κ2) is 7.25. The van der Waals surface area contributed by atoms with Gasteiger partial charge in [0.25, 0.3) is 0 Å². The van der Waals surface area contributed by atoms with Gasteiger partial charge in [-0.3, -0.25) is 0 Å². The Labute approximate surface area is 96.7 Å². The molecule has 0 aliphatic heterocycles. The standard InChI is InChI=1S/C13H20O3/c1-11-6-5-7-12(10-15)13(11)16-9-4-2-3-8-14/h5-7,14-15H,2-4,8-10H2,1H3. The smallest absolute Gasteiger partial charge is 0.127 e. The first-order valence-corrected chi connectivity index (χ1v) is 5.72. The van der Waals surface area contributed by atoms with E-state index in [4.69, 9.17) is 9.84 Å². The number of aliphatic hydroxyl groups is 2. The topological polar surface area (TPSA) is 49.7 Å². The Bertz CT molecular complexity index is 310. The summed E-state index contributed by atoms with van der Waals surface area (Å²) < 4.78 is 5.66. The third-order valence-electron chi connectivity index (χ3n) is 2.51. The van der Waals surface area contributed by atoms with Gasteiger partial charge in [-0.15, -0.1) is 0 Å². The maximum Gasteiger partial charge on any atom is 0.127 e. The highest BCUT2D eigenvalue weighted by Gasteiger charge is 2.05. The number of benzene rings is 1. The first-order chi connectivity index (χ1) is 7.79. The lowest BCUT2D eigenvalue weighted by Gasteiger charge is -2.12. The molecule has 0 fully saturated rings. The van der Waals surface area contributed by atoms with E-state index in [1.165, 1.54) is 0 Å². The lowest BCUT2D eigenvalue weighted by Crippen LogP contribution is -2.02. The molecule has 0 atom stereocenters. The highest BCUT2D eigenvalue weighted by molar-refractivity contribution is 5.40. The van der Waals surface area contributed by atoms with E-state index < -0.39 is 0 Å². The van der Waals surface area contributed by atoms with Gasteiger partial charge in [0.2, 0.25) is 0 Å². The van der Waals surface area contributed by atoms with Crippen molar-refractivity contribution in [3.63, 3.8) is 0 Å². The van der Waals surface area contributed by atoms with Crippen molar-refractivity contribution in [2.75, 3.05) is 13.2 Å². The fraction of sp³-hybridized carbons (Fsp3) is 0.538. The zero-order valence-electron chi connectivity index (χ0n) is 9.78. The van der Waals surface area contributed by atoms with Crippen LogP contribution in [0.1, 0.15) is 30.4 Å². The van der Waals surface area contributed by atoms with Crippen molar-refractivity contribution in [2.24, 2.45) is 0 Å². The molecule has 0 aliphatic carbocycles. The van der Waals surface area contributed by atoms with Crippen LogP contribution in [-0.4, -0.2) is 23.4 Å². The Morgan fingerprint density at radius 1 is 1.12 bits per heavy atom. The number of ether oxygens (including phenoxy) is 1. The Balaban J connectivity index is 2.46. The minimum atomic E-state index is 0.00759. The molecule has 0 saturated heterocycles. The van der Waals surface area contributed by atoms with E-state index in [1.54, 1.807) is 0 Å². The highest BCUT2D eigenvalue weighted by Crippen LogP contribution is 2.23. The van der Waals surface area contributed by atoms with Crippen molar-refractivity contribution in [3.05, 3.63) is 29.3 Å². The Hall–Kier alpha value is -1.06. The predicted molar refractivity (Wildman–Crippen MR) is 63.5 cm³/mol. The van der Waals surface area contributed by atoms with Crippen LogP contribution in [0.3, 0.4) is 0 Å². The Kier molecular flexibility index (Phi) is 5.90. The van der Waals surface area contributed by atoms with Crippen LogP contribution in [0, 0.1) is 6.92 Å². The number of hydrogen-bond acceptors (Lipinski definition) is 3. The van der Waals surface area contributed by atoms with Gasteiger partial charge in [0, 0.05) is 12.2 Å². The van der Waals surface area contributed by atoms with E-state index in [2.05, 4.69) is 0 Å². The van der Waals surface area contributed by atoms with Crippen molar-refractivity contribution < 1.29 is 14.9 Å². The van der Waals surface area contributed by atoms with Gasteiger partial charge < -0.3 is 14.9 Å². The monoisotopic (exact) mass is 224 g/mol. The highest BCUT2D eigenvalue weighted by atomic mass is 16.5. The molecule has 0 aromatic heterocycles. The van der Waals surface area contributed by atoms with Gasteiger partial charge in [0.05, 0.1) is 13.2 Å². The number of rotatable bonds is 7. The molecule has 0 bridgehead atoms. The van der Waals surface area contributed by atoms with Crippen LogP contribution in [0.4, 0.5) is 0 Å². The molecule has 0 saturated carbocycles. The zero-order valence-corrected chi connectivity index (χ0v) is 9.78. The van der Waals surface area contributed by atoms with Crippen LogP contribution >= 0.6 is 0 Å². The van der Waals surface area contributed by atoms with Gasteiger partial charge in [-0.25, -0.2) is 0 Å². The number of hydrogen-bond donors (Lipinski definition) is 2. The van der Waals surface area contributed by atoms with Crippen molar-refractivity contribution in [2.45, 2.75) is 32.8 Å². The molecule has 2 N–H and O–H groups in total. The van der Waals surface area contributed by atoms with Crippen LogP contribution in [0.15, 0.2) is 18.2 Å². The molecule has 90 valence electrons. The molecule has 0 unspecified atom stereocenters. The van der Waals surface area contributed by atoms with Crippen molar-refractivity contribution in [3.8, 4) is 5.75 Å². The maximum atomic E-state index is 9.17. The normalized spacial score (nSPS) is 10.4. The van der Waals surface area contributed by atoms with Crippen LogP contribution < -0.4 is 4.74 Å². The molecular formula is C13H20O3. The van der Waals surface area contributed by atoms with E-state index in [-0.39, 0.29) is 13.2 Å². The first kappa shape index (κ1) is 13.0. The quantitative estimate of drug-likeness (QED) is 0.697. The van der Waals surface area contributed by atoms with Crippen LogP contribution in [0.2, 0.25) is 0 Å². The summed E-state index contributed by atoms with van der Waals surface area (Å²) in [4.78, 5) is 0. The van der Waals surface area contributed by atoms with E-state index in [9.17, 15) is 5.11 Å². The fourth-order valence-corrected chi connectivity index (χ4v) is 1.61. The van der Waals surface area contributed by atoms with Gasteiger partial charge >= 0.3 is 0 Å². The third kappa shape index (κ3) is 3.83. The molecule has 3 heteroatoms. The van der Waals surface area contributed by atoms with Gasteiger partial charge in [0.1, 0.15) is 5.75 Å². The molecule has 0 radical (unpaired) electrons. The molecule has 0 spiro atoms. The number of unbranched alkanes of at least 4 members (excludes halogenated alkanes) is 2. The van der Waals surface area contributed by atoms with Crippen molar-refractivity contribution >= 4 is 0 Å². The predicted octanol–water partition coefficient (Wildman–Crippen LogP) is 2.03. The molecule has 1 rings (SSSR count). The average Bonchev–Trinajstić information content (AvgIpc) is 2.30. The third-order valence-corrected chi connectivity index (χ3v) is 2.51. The SMILES string of the molecule is Cc1cccc(CO)c1OCCCCCO. The van der Waals surface area contributed by atoms with Crippen LogP contribution in [0.5, 0.6) is 5.75 Å². The van der Waals surface area contributed by atoms with E-state index in [0.717, 1.165) is 36.1 Å². The number of aliphatic hydroxyl groups excluding tert-OH is 2. The second-order valence-electron chi connectivity index (χ2n) is 3.85. The maximum absolute atomic E-state index is 9.17. The van der Waals surface area contributed by atoms with E-state index >= 15 is 0 Å². The minimum absolute atomic E-state index is 0.00759. The van der Waals surface area contributed by atoms with Gasteiger partial charge in [-0.05, 0) is 31.7 Å². The second-order valence-corrected chi connectivity index (χ2v) is 3.85. The summed E-state index contributed by atoms with van der Waals surface area (Å²) in [5.74, 6) is 0.800. The zero-order chi connectivity index (χ0) is 11.8. The summed E-state index contributed by atoms with van der Waals surface area (Å²) in [6, 6.07) is 5.76. The van der Waals surface area contributed by atoms with E-state index in [1.807, 2.05) is 25.1 Å². The fourth-order valence-electron chi connectivity index (χ4n) is 1.61. The summed E-state index contributed by atoms with van der Waals surface area (Å²) in [6.07, 6.45) is 2.72. The minimum Gasteiger partial charge on any atom is -0.493 e. The number of aryl methyl sites for hydroxylation is 1. The van der Waals surface area contributed by atoms with Crippen LogP contribution in [-0.2, 0) is 6.61 Å². The summed E-state index contributed by atoms with van der Waals surface area (Å²) in [5, 5.41) is 17.8. The Morgan fingerprint density at radius 2 is 1.94 bits per heavy atom. The molecular weight excluding hydrogens is 204 g/mol. The summed E-state index contributed by atoms with van der Waals surface area (Å²) in [5.41, 5.74) is 1.89. The van der Waals surface area contributed by atoms with Crippen molar-refractivity contribution in [1.29, 1.82) is 0 Å². The van der Waals surface area contributed by atoms with Crippen LogP contribution in [0.25, 0.3) is 0 Å². The van der Waals surface area contributed by atoms with Gasteiger partial charge in [-0.2, -0.15) is 0 Å². The molecule has 16 heavy (non-hydrogen) atoms. The first-order valence-electron chi connectivity index (χ1n) is 5.72. The number of para-hydroxylation sites is 1. The molecule has 0 aliphatic rings. The lowest BCUT2D eigenvalue weighted by atomic mass is 10.1. The molecule has 0 heterocycles. The molecule has 3 nitrogen and oxygen atoms in total. The summed E-state index contributed by atoms with van der Waals surface area (Å²) >= 11 is 0. The summed E-state index contributed by atoms with van der Waals surface area (Å²) in [6.45, 7) is 2.86. The molecule has 1 aromatic rings. The molecule has 0 amide bonds. The summed E-state index contributed by atoms with van der Waals surface area (Å²) in [7, 11) is 0. The van der Waals surface area contributed by atoms with Gasteiger partial charge in [-0.1, -0.05) is 18.2 Å². The molecule has 1 aromatic carbocycles. The van der Waals surface area contributed by atoms with E-state index in [0.29, 0.717) is 6.61 Å². The largest absolute Gasteiger partial charge is 0.493 e. The lowest BCUT2D eigenvalue weighted by molar-refractivity contribution is 0.251. The van der Waals surface area contributed by atoms with Crippen molar-refractivity contribution in [1.82, 2.24) is 0 Å². The van der Waals surface area contributed by atoms with Gasteiger partial charge in [0.15, 0.2) is 0 Å². The average molecular weight is 224 g/mol.